The minimum absolute atomic E-state index is 0.0118. The fraction of sp³-hybridized carbons (Fsp3) is 0.167. The van der Waals surface area contributed by atoms with Gasteiger partial charge in [-0.25, -0.2) is 9.42 Å². The summed E-state index contributed by atoms with van der Waals surface area (Å²) in [6.07, 6.45) is 1.11. The Morgan fingerprint density at radius 3 is 2.76 bits per heavy atom. The van der Waals surface area contributed by atoms with E-state index in [1.807, 2.05) is 0 Å². The van der Waals surface area contributed by atoms with Gasteiger partial charge in [-0.2, -0.15) is 5.10 Å². The smallest absolute Gasteiger partial charge is 0.339 e. The van der Waals surface area contributed by atoms with Gasteiger partial charge in [0.2, 0.25) is 0 Å². The van der Waals surface area contributed by atoms with E-state index in [2.05, 4.69) is 41.1 Å². The van der Waals surface area contributed by atoms with E-state index >= 15 is 0 Å². The van der Waals surface area contributed by atoms with E-state index in [1.54, 1.807) is 44.2 Å². The number of ether oxygens (including phenoxy) is 1. The number of nitrogens with zero attached hydrogens (tertiary/aromatic N) is 4. The van der Waals surface area contributed by atoms with Crippen molar-refractivity contribution in [1.29, 1.82) is 0 Å². The fourth-order valence-corrected chi connectivity index (χ4v) is 2.67. The lowest BCUT2D eigenvalue weighted by atomic mass is 10.1. The van der Waals surface area contributed by atoms with Crippen LogP contribution in [0.1, 0.15) is 35.7 Å². The van der Waals surface area contributed by atoms with Crippen LogP contribution < -0.4 is 11.5 Å². The van der Waals surface area contributed by atoms with Crippen molar-refractivity contribution in [1.82, 2.24) is 10.3 Å². The van der Waals surface area contributed by atoms with Gasteiger partial charge in [-0.05, 0) is 54.5 Å². The molecule has 0 spiro atoms. The lowest BCUT2D eigenvalue weighted by Crippen LogP contribution is -2.15. The number of nitrogen functional groups attached to an aromatic ring is 1. The number of aromatic nitrogens is 2. The van der Waals surface area contributed by atoms with Gasteiger partial charge in [0.25, 0.3) is 0 Å². The van der Waals surface area contributed by atoms with Crippen molar-refractivity contribution in [2.24, 2.45) is 15.9 Å². The number of rotatable bonds is 6. The molecule has 29 heavy (non-hydrogen) atoms. The maximum Gasteiger partial charge on any atom is 0.339 e. The normalized spacial score (nSPS) is 12.1. The van der Waals surface area contributed by atoms with Crippen LogP contribution in [-0.2, 0) is 4.74 Å². The van der Waals surface area contributed by atoms with Gasteiger partial charge < -0.3 is 20.6 Å². The predicted octanol–water partition coefficient (Wildman–Crippen LogP) is 2.98. The molecule has 0 atom stereocenters. The summed E-state index contributed by atoms with van der Waals surface area (Å²) >= 11 is 3.37. The van der Waals surface area contributed by atoms with Crippen LogP contribution in [0, 0.1) is 0 Å². The van der Waals surface area contributed by atoms with Crippen molar-refractivity contribution in [3.63, 3.8) is 0 Å². The highest BCUT2D eigenvalue weighted by Gasteiger charge is 2.18. The maximum absolute atomic E-state index is 12.4. The molecule has 0 radical (unpaired) electrons. The van der Waals surface area contributed by atoms with Gasteiger partial charge in [0.15, 0.2) is 17.3 Å². The number of hydrogen-bond acceptors (Lipinski definition) is 9. The second-order valence-electron chi connectivity index (χ2n) is 6.07. The quantitative estimate of drug-likeness (QED) is 0.246. The molecule has 3 rings (SSSR count). The van der Waals surface area contributed by atoms with Crippen molar-refractivity contribution >= 4 is 39.8 Å². The first-order valence-corrected chi connectivity index (χ1v) is 9.20. The molecule has 10 nitrogen and oxygen atoms in total. The molecule has 0 bridgehead atoms. The summed E-state index contributed by atoms with van der Waals surface area (Å²) < 4.78 is 16.3. The van der Waals surface area contributed by atoms with Gasteiger partial charge in [-0.15, -0.1) is 5.10 Å². The van der Waals surface area contributed by atoms with Crippen LogP contribution in [0.25, 0.3) is 11.3 Å². The van der Waals surface area contributed by atoms with Crippen molar-refractivity contribution < 1.29 is 18.6 Å². The molecule has 0 fully saturated rings. The molecule has 2 aromatic heterocycles. The minimum atomic E-state index is -0.445. The molecule has 0 unspecified atom stereocenters. The van der Waals surface area contributed by atoms with Crippen LogP contribution in [0.5, 0.6) is 0 Å². The van der Waals surface area contributed by atoms with E-state index in [-0.39, 0.29) is 23.5 Å². The molecule has 0 aliphatic rings. The minimum Gasteiger partial charge on any atom is -0.459 e. The van der Waals surface area contributed by atoms with Crippen LogP contribution in [-0.4, -0.2) is 34.4 Å². The van der Waals surface area contributed by atoms with Crippen molar-refractivity contribution in [2.45, 2.75) is 20.0 Å². The standard InChI is InChI=1S/C18H17BrN6O4/c1-9(2)27-18(26)13-7-10(19)3-5-12(13)14-6-4-11(28-14)8-22-23-16(20)15-17(21)25-29-24-15/h3-9H,1-2H3,(H2,20,23)(H2,21,25). The highest BCUT2D eigenvalue weighted by atomic mass is 79.9. The number of esters is 1. The lowest BCUT2D eigenvalue weighted by molar-refractivity contribution is 0.0378. The zero-order valence-electron chi connectivity index (χ0n) is 15.5. The molecule has 0 aliphatic heterocycles. The first kappa shape index (κ1) is 20.3. The Labute approximate surface area is 173 Å². The number of amidine groups is 1. The number of benzene rings is 1. The molecule has 0 saturated carbocycles. The molecule has 11 heteroatoms. The summed E-state index contributed by atoms with van der Waals surface area (Å²) in [5, 5.41) is 14.5. The number of hydrogen-bond donors (Lipinski definition) is 2. The third-order valence-electron chi connectivity index (χ3n) is 3.54. The number of carbonyl (C=O) groups excluding carboxylic acids is 1. The second-order valence-corrected chi connectivity index (χ2v) is 6.99. The Morgan fingerprint density at radius 2 is 2.07 bits per heavy atom. The third-order valence-corrected chi connectivity index (χ3v) is 4.04. The summed E-state index contributed by atoms with van der Waals surface area (Å²) in [7, 11) is 0. The maximum atomic E-state index is 12.4. The largest absolute Gasteiger partial charge is 0.459 e. The number of carbonyl (C=O) groups is 1. The first-order chi connectivity index (χ1) is 13.8. The van der Waals surface area contributed by atoms with Gasteiger partial charge in [0.05, 0.1) is 17.9 Å². The van der Waals surface area contributed by atoms with Gasteiger partial charge in [0, 0.05) is 10.0 Å². The van der Waals surface area contributed by atoms with Crippen molar-refractivity contribution in [2.75, 3.05) is 5.73 Å². The average Bonchev–Trinajstić information content (AvgIpc) is 3.30. The molecule has 4 N–H and O–H groups in total. The number of nitrogens with two attached hydrogens (primary N) is 2. The van der Waals surface area contributed by atoms with E-state index in [0.29, 0.717) is 22.6 Å². The van der Waals surface area contributed by atoms with Crippen LogP contribution in [0.3, 0.4) is 0 Å². The Balaban J connectivity index is 1.83. The monoisotopic (exact) mass is 460 g/mol. The van der Waals surface area contributed by atoms with Gasteiger partial charge in [0.1, 0.15) is 11.5 Å². The van der Waals surface area contributed by atoms with Gasteiger partial charge in [-0.3, -0.25) is 0 Å². The van der Waals surface area contributed by atoms with E-state index in [1.165, 1.54) is 6.21 Å². The Bertz CT molecular complexity index is 1090. The predicted molar refractivity (Wildman–Crippen MR) is 109 cm³/mol. The van der Waals surface area contributed by atoms with E-state index in [0.717, 1.165) is 4.47 Å². The van der Waals surface area contributed by atoms with Gasteiger partial charge in [-0.1, -0.05) is 15.9 Å². The fourth-order valence-electron chi connectivity index (χ4n) is 2.31. The number of halogens is 1. The van der Waals surface area contributed by atoms with Gasteiger partial charge >= 0.3 is 5.97 Å². The summed E-state index contributed by atoms with van der Waals surface area (Å²) in [5.41, 5.74) is 12.3. The Hall–Kier alpha value is -3.47. The zero-order valence-corrected chi connectivity index (χ0v) is 17.1. The van der Waals surface area contributed by atoms with Crippen LogP contribution >= 0.6 is 15.9 Å². The lowest BCUT2D eigenvalue weighted by Gasteiger charge is -2.11. The first-order valence-electron chi connectivity index (χ1n) is 8.40. The molecule has 0 saturated heterocycles. The zero-order chi connectivity index (χ0) is 21.0. The third kappa shape index (κ3) is 4.88. The summed E-state index contributed by atoms with van der Waals surface area (Å²) in [6.45, 7) is 3.57. The number of anilines is 1. The summed E-state index contributed by atoms with van der Waals surface area (Å²) in [5.74, 6) is 0.376. The molecule has 2 heterocycles. The molecule has 0 amide bonds. The number of furan rings is 1. The molecular formula is C18H17BrN6O4. The molecule has 3 aromatic rings. The Kier molecular flexibility index (Phi) is 6.07. The average molecular weight is 461 g/mol. The van der Waals surface area contributed by atoms with Crippen LogP contribution in [0.15, 0.2) is 54.1 Å². The summed E-state index contributed by atoms with van der Waals surface area (Å²) in [6, 6.07) is 8.63. The molecule has 1 aromatic carbocycles. The van der Waals surface area contributed by atoms with Crippen LogP contribution in [0.2, 0.25) is 0 Å². The molecule has 0 aliphatic carbocycles. The topological polar surface area (TPSA) is 155 Å². The van der Waals surface area contributed by atoms with E-state index in [4.69, 9.17) is 20.6 Å². The highest BCUT2D eigenvalue weighted by Crippen LogP contribution is 2.29. The van der Waals surface area contributed by atoms with Crippen molar-refractivity contribution in [3.8, 4) is 11.3 Å². The molecule has 150 valence electrons. The van der Waals surface area contributed by atoms with Crippen molar-refractivity contribution in [3.05, 3.63) is 51.8 Å². The Morgan fingerprint density at radius 1 is 1.28 bits per heavy atom. The second kappa shape index (κ2) is 8.69. The SMILES string of the molecule is CC(C)OC(=O)c1cc(Br)ccc1-c1ccc(C=N/N=C(/N)c2nonc2N)o1. The van der Waals surface area contributed by atoms with E-state index < -0.39 is 5.97 Å². The molecular weight excluding hydrogens is 444 g/mol. The summed E-state index contributed by atoms with van der Waals surface area (Å²) in [4.78, 5) is 12.4. The highest BCUT2D eigenvalue weighted by molar-refractivity contribution is 9.10. The van der Waals surface area contributed by atoms with E-state index in [9.17, 15) is 4.79 Å². The van der Waals surface area contributed by atoms with Crippen LogP contribution in [0.4, 0.5) is 5.82 Å².